The second-order valence-corrected chi connectivity index (χ2v) is 4.06. The van der Waals surface area contributed by atoms with Gasteiger partial charge in [0.25, 0.3) is 0 Å². The summed E-state index contributed by atoms with van der Waals surface area (Å²) in [6, 6.07) is 0. The number of hydrogen-bond acceptors (Lipinski definition) is 8. The molecule has 0 atom stereocenters. The van der Waals surface area contributed by atoms with Gasteiger partial charge in [-0.15, -0.1) is 0 Å². The fourth-order valence-electron chi connectivity index (χ4n) is 1.17. The van der Waals surface area contributed by atoms with Gasteiger partial charge in [0.15, 0.2) is 0 Å². The zero-order chi connectivity index (χ0) is 13.4. The molecule has 0 saturated heterocycles. The predicted octanol–water partition coefficient (Wildman–Crippen LogP) is -1.21. The van der Waals surface area contributed by atoms with Crippen molar-refractivity contribution in [2.24, 2.45) is 0 Å². The van der Waals surface area contributed by atoms with Crippen molar-refractivity contribution in [1.82, 2.24) is 43.4 Å². The molecule has 0 radical (unpaired) electrons. The van der Waals surface area contributed by atoms with Crippen LogP contribution >= 0.6 is 0 Å². The maximum Gasteiger partial charge on any atom is 0.0815 e. The van der Waals surface area contributed by atoms with Gasteiger partial charge in [-0.3, -0.25) is 0 Å². The van der Waals surface area contributed by atoms with E-state index in [2.05, 4.69) is 43.4 Å². The second-order valence-electron chi connectivity index (χ2n) is 4.06. The predicted molar refractivity (Wildman–Crippen MR) is 71.6 cm³/mol. The van der Waals surface area contributed by atoms with Crippen LogP contribution in [0.3, 0.4) is 0 Å². The van der Waals surface area contributed by atoms with Gasteiger partial charge in [0, 0.05) is 22.8 Å². The number of allylic oxidation sites excluding steroid dienone is 4. The van der Waals surface area contributed by atoms with Crippen molar-refractivity contribution in [3.8, 4) is 0 Å². The van der Waals surface area contributed by atoms with Crippen LogP contribution in [0.25, 0.3) is 0 Å². The molecule has 1 aliphatic rings. The second kappa shape index (κ2) is 7.77. The van der Waals surface area contributed by atoms with Crippen LogP contribution in [0.4, 0.5) is 0 Å². The Morgan fingerprint density at radius 2 is 0.722 bits per heavy atom. The van der Waals surface area contributed by atoms with E-state index in [0.717, 1.165) is 22.8 Å². The van der Waals surface area contributed by atoms with E-state index in [1.54, 1.807) is 0 Å². The van der Waals surface area contributed by atoms with Crippen LogP contribution < -0.4 is 43.4 Å². The highest BCUT2D eigenvalue weighted by molar-refractivity contribution is 5.05. The average molecular weight is 256 g/mol. The van der Waals surface area contributed by atoms with E-state index in [1.807, 2.05) is 27.7 Å². The van der Waals surface area contributed by atoms with Gasteiger partial charge in [-0.1, -0.05) is 0 Å². The molecule has 18 heavy (non-hydrogen) atoms. The van der Waals surface area contributed by atoms with Gasteiger partial charge in [0.05, 0.1) is 13.3 Å². The molecule has 0 saturated carbocycles. The molecule has 0 aromatic rings. The minimum absolute atomic E-state index is 0.579. The van der Waals surface area contributed by atoms with E-state index >= 15 is 0 Å². The van der Waals surface area contributed by atoms with E-state index in [1.165, 1.54) is 0 Å². The van der Waals surface area contributed by atoms with Crippen LogP contribution in [0.1, 0.15) is 27.7 Å². The Balaban J connectivity index is 2.53. The van der Waals surface area contributed by atoms with Crippen LogP contribution in [0.15, 0.2) is 22.8 Å². The monoisotopic (exact) mass is 256 g/mol. The molecule has 0 unspecified atom stereocenters. The summed E-state index contributed by atoms with van der Waals surface area (Å²) in [6.07, 6.45) is 0. The molecular formula is C10H24N8. The smallest absolute Gasteiger partial charge is 0.0815 e. The zero-order valence-electron chi connectivity index (χ0n) is 11.4. The molecule has 1 rings (SSSR count). The third kappa shape index (κ3) is 5.23. The summed E-state index contributed by atoms with van der Waals surface area (Å²) in [5.41, 5.74) is 28.6. The van der Waals surface area contributed by atoms with Crippen molar-refractivity contribution < 1.29 is 0 Å². The molecule has 0 aliphatic carbocycles. The first kappa shape index (κ1) is 14.6. The summed E-state index contributed by atoms with van der Waals surface area (Å²) in [6.45, 7) is 9.09. The summed E-state index contributed by atoms with van der Waals surface area (Å²) in [7, 11) is 0. The molecule has 0 spiro atoms. The molecule has 0 bridgehead atoms. The molecular weight excluding hydrogens is 232 g/mol. The lowest BCUT2D eigenvalue weighted by atomic mass is 10.4. The minimum Gasteiger partial charge on any atom is -0.323 e. The molecule has 1 heterocycles. The summed E-state index contributed by atoms with van der Waals surface area (Å²) < 4.78 is 0. The Morgan fingerprint density at radius 1 is 0.500 bits per heavy atom. The molecule has 0 fully saturated rings. The van der Waals surface area contributed by atoms with Gasteiger partial charge in [0.2, 0.25) is 0 Å². The fourth-order valence-corrected chi connectivity index (χ4v) is 1.17. The highest BCUT2D eigenvalue weighted by Gasteiger charge is 1.98. The first-order valence-electron chi connectivity index (χ1n) is 5.91. The Bertz CT molecular complexity index is 262. The highest BCUT2D eigenvalue weighted by atomic mass is 15.5. The van der Waals surface area contributed by atoms with Crippen molar-refractivity contribution in [2.75, 3.05) is 13.3 Å². The van der Waals surface area contributed by atoms with Gasteiger partial charge in [-0.2, -0.15) is 0 Å². The molecule has 0 aromatic carbocycles. The van der Waals surface area contributed by atoms with Gasteiger partial charge in [-0.05, 0) is 27.7 Å². The van der Waals surface area contributed by atoms with Crippen molar-refractivity contribution in [3.63, 3.8) is 0 Å². The van der Waals surface area contributed by atoms with E-state index in [9.17, 15) is 0 Å². The Kier molecular flexibility index (Phi) is 6.29. The fraction of sp³-hybridized carbons (Fsp3) is 0.600. The van der Waals surface area contributed by atoms with Crippen molar-refractivity contribution in [2.45, 2.75) is 27.7 Å². The first-order valence-corrected chi connectivity index (χ1v) is 5.91. The third-order valence-electron chi connectivity index (χ3n) is 2.58. The molecule has 8 heteroatoms. The lowest BCUT2D eigenvalue weighted by Gasteiger charge is -2.19. The third-order valence-corrected chi connectivity index (χ3v) is 2.58. The van der Waals surface area contributed by atoms with Crippen LogP contribution in [0.5, 0.6) is 0 Å². The maximum atomic E-state index is 3.08. The molecule has 0 aromatic heterocycles. The van der Waals surface area contributed by atoms with Gasteiger partial charge in [-0.25, -0.2) is 21.7 Å². The van der Waals surface area contributed by atoms with E-state index in [4.69, 9.17) is 0 Å². The number of hydrogen-bond donors (Lipinski definition) is 8. The zero-order valence-corrected chi connectivity index (χ0v) is 11.4. The van der Waals surface area contributed by atoms with Crippen LogP contribution in [0.2, 0.25) is 0 Å². The summed E-state index contributed by atoms with van der Waals surface area (Å²) in [5, 5.41) is 0. The highest BCUT2D eigenvalue weighted by Crippen LogP contribution is 1.93. The average Bonchev–Trinajstić information content (AvgIpc) is 2.35. The van der Waals surface area contributed by atoms with Crippen molar-refractivity contribution >= 4 is 0 Å². The molecule has 8 nitrogen and oxygen atoms in total. The minimum atomic E-state index is 0.579. The maximum absolute atomic E-state index is 3.08. The van der Waals surface area contributed by atoms with E-state index in [-0.39, 0.29) is 0 Å². The number of nitrogens with one attached hydrogen (secondary N) is 8. The molecule has 1 aliphatic heterocycles. The van der Waals surface area contributed by atoms with Crippen LogP contribution in [-0.2, 0) is 0 Å². The van der Waals surface area contributed by atoms with Gasteiger partial charge in [0.1, 0.15) is 0 Å². The number of hydrazine groups is 4. The van der Waals surface area contributed by atoms with Gasteiger partial charge >= 0.3 is 0 Å². The normalized spacial score (nSPS) is 20.2. The Labute approximate surface area is 108 Å². The lowest BCUT2D eigenvalue weighted by molar-refractivity contribution is 0.456. The van der Waals surface area contributed by atoms with Crippen LogP contribution in [0, 0.1) is 0 Å². The summed E-state index contributed by atoms with van der Waals surface area (Å²) >= 11 is 0. The Morgan fingerprint density at radius 3 is 0.944 bits per heavy atom. The van der Waals surface area contributed by atoms with Crippen LogP contribution in [-0.4, -0.2) is 13.3 Å². The number of rotatable bonds is 0. The van der Waals surface area contributed by atoms with E-state index in [0.29, 0.717) is 13.3 Å². The molecule has 0 amide bonds. The van der Waals surface area contributed by atoms with Gasteiger partial charge < -0.3 is 21.7 Å². The quantitative estimate of drug-likeness (QED) is 0.274. The van der Waals surface area contributed by atoms with Crippen molar-refractivity contribution in [3.05, 3.63) is 22.8 Å². The standard InChI is InChI=1S/C10H24N8/c1-7-8(2)16-12-6-14-18-10(4)9(3)17-13-5-11-15-7/h11-18H,5-6H2,1-4H3. The molecule has 104 valence electrons. The Hall–Kier alpha value is -1.48. The summed E-state index contributed by atoms with van der Waals surface area (Å²) in [5.74, 6) is 0. The topological polar surface area (TPSA) is 96.2 Å². The van der Waals surface area contributed by atoms with E-state index < -0.39 is 0 Å². The summed E-state index contributed by atoms with van der Waals surface area (Å²) in [4.78, 5) is 0. The lowest BCUT2D eigenvalue weighted by Crippen LogP contribution is -2.48. The largest absolute Gasteiger partial charge is 0.323 e. The van der Waals surface area contributed by atoms with Crippen molar-refractivity contribution in [1.29, 1.82) is 0 Å². The SMILES string of the molecule is CC1=C(C)NNCNNC(C)=C(C)NNCNN1. The first-order chi connectivity index (χ1) is 8.61. The molecule has 8 N–H and O–H groups in total.